The largest absolute Gasteiger partial charge is 0.399 e. The third kappa shape index (κ3) is 2.28. The molecule has 1 N–H and O–H groups in total. The summed E-state index contributed by atoms with van der Waals surface area (Å²) in [5.74, 6) is 0. The third-order valence-corrected chi connectivity index (χ3v) is 2.21. The number of nitrogens with one attached hydrogen (secondary N) is 1. The van der Waals surface area contributed by atoms with Gasteiger partial charge in [0.1, 0.15) is 18.7 Å². The van der Waals surface area contributed by atoms with Crippen molar-refractivity contribution in [3.63, 3.8) is 0 Å². The number of hydrogen-bond donors (Lipinski definition) is 1. The van der Waals surface area contributed by atoms with E-state index in [2.05, 4.69) is 15.0 Å². The third-order valence-electron chi connectivity index (χ3n) is 2.21. The van der Waals surface area contributed by atoms with Crippen molar-refractivity contribution in [3.05, 3.63) is 33.2 Å². The van der Waals surface area contributed by atoms with Gasteiger partial charge in [0.25, 0.3) is 5.56 Å². The summed E-state index contributed by atoms with van der Waals surface area (Å²) in [5, 5.41) is 12.6. The van der Waals surface area contributed by atoms with Gasteiger partial charge in [-0.05, 0) is 19.4 Å². The molecule has 0 aliphatic rings. The zero-order valence-corrected chi connectivity index (χ0v) is 9.50. The monoisotopic (exact) mass is 219 g/mol. The lowest BCUT2D eigenvalue weighted by Crippen LogP contribution is -2.16. The first-order chi connectivity index (χ1) is 7.63. The number of aromatic nitrogens is 1. The Balaban J connectivity index is 3.43. The molecule has 0 saturated carbocycles. The average Bonchev–Trinajstić information content (AvgIpc) is 2.28. The van der Waals surface area contributed by atoms with Gasteiger partial charge >= 0.3 is 0 Å². The van der Waals surface area contributed by atoms with Crippen LogP contribution in [0.5, 0.6) is 0 Å². The molecule has 0 aromatic carbocycles. The highest BCUT2D eigenvalue weighted by molar-refractivity contribution is 5.99. The summed E-state index contributed by atoms with van der Waals surface area (Å²) in [6, 6.07) is 3.38. The number of pyridine rings is 1. The fraction of sp³-hybridized carbons (Fsp3) is 0.364. The zero-order valence-electron chi connectivity index (χ0n) is 9.50. The van der Waals surface area contributed by atoms with Crippen molar-refractivity contribution in [2.24, 2.45) is 5.16 Å². The molecule has 1 aromatic rings. The summed E-state index contributed by atoms with van der Waals surface area (Å²) in [6.07, 6.45) is 0.660. The van der Waals surface area contributed by atoms with Gasteiger partial charge in [-0.25, -0.2) is 0 Å². The Kier molecular flexibility index (Phi) is 3.84. The second kappa shape index (κ2) is 5.12. The van der Waals surface area contributed by atoms with Crippen LogP contribution >= 0.6 is 0 Å². The predicted octanol–water partition coefficient (Wildman–Crippen LogP) is 1.18. The van der Waals surface area contributed by atoms with Gasteiger partial charge in [0.2, 0.25) is 0 Å². The van der Waals surface area contributed by atoms with Gasteiger partial charge in [0.05, 0.1) is 5.71 Å². The van der Waals surface area contributed by atoms with Crippen LogP contribution in [0, 0.1) is 11.3 Å². The summed E-state index contributed by atoms with van der Waals surface area (Å²) in [7, 11) is 1.45. The van der Waals surface area contributed by atoms with E-state index >= 15 is 0 Å². The molecule has 5 nitrogen and oxygen atoms in total. The van der Waals surface area contributed by atoms with Gasteiger partial charge in [-0.2, -0.15) is 5.26 Å². The molecular weight excluding hydrogens is 206 g/mol. The smallest absolute Gasteiger partial charge is 0.266 e. The Morgan fingerprint density at radius 3 is 2.88 bits per heavy atom. The van der Waals surface area contributed by atoms with E-state index in [1.807, 2.05) is 13.0 Å². The Hall–Kier alpha value is -2.09. The van der Waals surface area contributed by atoms with E-state index in [0.717, 1.165) is 11.3 Å². The number of oxime groups is 1. The summed E-state index contributed by atoms with van der Waals surface area (Å²) >= 11 is 0. The van der Waals surface area contributed by atoms with Crippen LogP contribution in [0.3, 0.4) is 0 Å². The maximum absolute atomic E-state index is 11.4. The number of nitrogens with zero attached hydrogens (tertiary/aromatic N) is 2. The van der Waals surface area contributed by atoms with Crippen molar-refractivity contribution in [1.82, 2.24) is 4.98 Å². The van der Waals surface area contributed by atoms with Gasteiger partial charge in [0.15, 0.2) is 0 Å². The predicted molar refractivity (Wildman–Crippen MR) is 60.4 cm³/mol. The molecule has 16 heavy (non-hydrogen) atoms. The highest BCUT2D eigenvalue weighted by Gasteiger charge is 2.09. The average molecular weight is 219 g/mol. The molecule has 0 bridgehead atoms. The van der Waals surface area contributed by atoms with E-state index < -0.39 is 0 Å². The first-order valence-electron chi connectivity index (χ1n) is 4.88. The van der Waals surface area contributed by atoms with E-state index in [1.165, 1.54) is 13.2 Å². The molecule has 0 radical (unpaired) electrons. The van der Waals surface area contributed by atoms with Crippen LogP contribution in [-0.4, -0.2) is 17.8 Å². The maximum atomic E-state index is 11.4. The van der Waals surface area contributed by atoms with E-state index in [1.54, 1.807) is 6.92 Å². The Morgan fingerprint density at radius 1 is 1.69 bits per heavy atom. The second-order valence-corrected chi connectivity index (χ2v) is 3.23. The Bertz CT molecular complexity index is 509. The molecule has 1 aromatic heterocycles. The van der Waals surface area contributed by atoms with Crippen molar-refractivity contribution in [1.29, 1.82) is 5.26 Å². The van der Waals surface area contributed by atoms with Crippen LogP contribution in [-0.2, 0) is 11.3 Å². The van der Waals surface area contributed by atoms with Crippen molar-refractivity contribution < 1.29 is 4.84 Å². The molecule has 0 spiro atoms. The maximum Gasteiger partial charge on any atom is 0.266 e. The molecule has 0 fully saturated rings. The lowest BCUT2D eigenvalue weighted by molar-refractivity contribution is 0.213. The van der Waals surface area contributed by atoms with Crippen LogP contribution in [0.25, 0.3) is 0 Å². The molecule has 0 unspecified atom stereocenters. The van der Waals surface area contributed by atoms with Crippen molar-refractivity contribution in [3.8, 4) is 6.07 Å². The first kappa shape index (κ1) is 12.0. The lowest BCUT2D eigenvalue weighted by atomic mass is 10.1. The summed E-state index contributed by atoms with van der Waals surface area (Å²) < 4.78 is 0. The first-order valence-corrected chi connectivity index (χ1v) is 4.88. The molecule has 1 rings (SSSR count). The Labute approximate surface area is 93.4 Å². The molecule has 0 atom stereocenters. The topological polar surface area (TPSA) is 78.2 Å². The number of aromatic amines is 1. The second-order valence-electron chi connectivity index (χ2n) is 3.23. The van der Waals surface area contributed by atoms with E-state index in [4.69, 9.17) is 5.26 Å². The molecule has 0 saturated heterocycles. The lowest BCUT2D eigenvalue weighted by Gasteiger charge is -2.06. The van der Waals surface area contributed by atoms with E-state index in [0.29, 0.717) is 12.1 Å². The minimum absolute atomic E-state index is 0.0813. The molecule has 0 aliphatic heterocycles. The fourth-order valence-corrected chi connectivity index (χ4v) is 1.44. The van der Waals surface area contributed by atoms with Crippen LogP contribution in [0.1, 0.15) is 30.7 Å². The standard InChI is InChI=1S/C11H13N3O2/c1-4-10-9(7(2)14-16-3)5-8(6-12)11(15)13-10/h5H,4H2,1-3H3,(H,13,15). The van der Waals surface area contributed by atoms with Gasteiger partial charge in [-0.15, -0.1) is 0 Å². The van der Waals surface area contributed by atoms with E-state index in [-0.39, 0.29) is 11.1 Å². The number of aryl methyl sites for hydroxylation is 1. The van der Waals surface area contributed by atoms with Gasteiger partial charge in [-0.3, -0.25) is 4.79 Å². The van der Waals surface area contributed by atoms with Gasteiger partial charge in [-0.1, -0.05) is 12.1 Å². The van der Waals surface area contributed by atoms with Gasteiger partial charge in [0, 0.05) is 11.3 Å². The minimum atomic E-state index is -0.367. The summed E-state index contributed by atoms with van der Waals surface area (Å²) in [4.78, 5) is 18.8. The summed E-state index contributed by atoms with van der Waals surface area (Å²) in [5.41, 5.74) is 1.83. The number of hydrogen-bond acceptors (Lipinski definition) is 4. The number of H-pyrrole nitrogens is 1. The van der Waals surface area contributed by atoms with Crippen LogP contribution in [0.2, 0.25) is 0 Å². The molecule has 84 valence electrons. The minimum Gasteiger partial charge on any atom is -0.399 e. The van der Waals surface area contributed by atoms with E-state index in [9.17, 15) is 4.79 Å². The molecule has 5 heteroatoms. The van der Waals surface area contributed by atoms with Gasteiger partial charge < -0.3 is 9.82 Å². The SMILES string of the molecule is CCc1[nH]c(=O)c(C#N)cc1C(C)=NOC. The highest BCUT2D eigenvalue weighted by atomic mass is 16.6. The normalized spacial score (nSPS) is 11.0. The molecule has 1 heterocycles. The van der Waals surface area contributed by atoms with Crippen LogP contribution in [0.15, 0.2) is 16.0 Å². The summed E-state index contributed by atoms with van der Waals surface area (Å²) in [6.45, 7) is 3.68. The molecule has 0 amide bonds. The van der Waals surface area contributed by atoms with Crippen LogP contribution < -0.4 is 5.56 Å². The van der Waals surface area contributed by atoms with Crippen LogP contribution in [0.4, 0.5) is 0 Å². The number of rotatable bonds is 3. The fourth-order valence-electron chi connectivity index (χ4n) is 1.44. The van der Waals surface area contributed by atoms with Crippen molar-refractivity contribution in [2.45, 2.75) is 20.3 Å². The Morgan fingerprint density at radius 2 is 2.38 bits per heavy atom. The quantitative estimate of drug-likeness (QED) is 0.612. The molecular formula is C11H13N3O2. The molecule has 0 aliphatic carbocycles. The highest BCUT2D eigenvalue weighted by Crippen LogP contribution is 2.08. The van der Waals surface area contributed by atoms with Crippen molar-refractivity contribution >= 4 is 5.71 Å². The number of nitriles is 1. The van der Waals surface area contributed by atoms with Crippen molar-refractivity contribution in [2.75, 3.05) is 7.11 Å². The zero-order chi connectivity index (χ0) is 12.1.